The number of ether oxygens (including phenoxy) is 2. The monoisotopic (exact) mass is 352 g/mol. The topological polar surface area (TPSA) is 54.6 Å². The van der Waals surface area contributed by atoms with Gasteiger partial charge in [-0.2, -0.15) is 0 Å². The standard InChI is InChI=1S/C15H17BrN2O3/c1-18(15(19)14-9-11(16)10-17-14)7-8-21-13-5-3-12(20-2)4-6-13/h3-6,9-10,17H,7-8H2,1-2H3. The summed E-state index contributed by atoms with van der Waals surface area (Å²) >= 11 is 3.31. The van der Waals surface area contributed by atoms with E-state index in [4.69, 9.17) is 9.47 Å². The Morgan fingerprint density at radius 3 is 2.52 bits per heavy atom. The molecule has 0 unspecified atom stereocenters. The second kappa shape index (κ2) is 7.17. The highest BCUT2D eigenvalue weighted by molar-refractivity contribution is 9.10. The van der Waals surface area contributed by atoms with Crippen LogP contribution in [0.1, 0.15) is 10.5 Å². The lowest BCUT2D eigenvalue weighted by atomic mass is 10.3. The number of amides is 1. The molecule has 0 aliphatic carbocycles. The van der Waals surface area contributed by atoms with E-state index in [1.54, 1.807) is 31.3 Å². The fraction of sp³-hybridized carbons (Fsp3) is 0.267. The van der Waals surface area contributed by atoms with Gasteiger partial charge in [0.15, 0.2) is 0 Å². The van der Waals surface area contributed by atoms with E-state index >= 15 is 0 Å². The molecule has 1 N–H and O–H groups in total. The largest absolute Gasteiger partial charge is 0.497 e. The molecule has 0 atom stereocenters. The molecule has 0 fully saturated rings. The van der Waals surface area contributed by atoms with E-state index < -0.39 is 0 Å². The second-order valence-corrected chi connectivity index (χ2v) is 5.40. The Kier molecular flexibility index (Phi) is 5.27. The van der Waals surface area contributed by atoms with Crippen LogP contribution in [0, 0.1) is 0 Å². The van der Waals surface area contributed by atoms with E-state index in [1.807, 2.05) is 24.3 Å². The molecule has 1 aromatic heterocycles. The number of nitrogens with zero attached hydrogens (tertiary/aromatic N) is 1. The number of aromatic nitrogens is 1. The fourth-order valence-electron chi connectivity index (χ4n) is 1.77. The summed E-state index contributed by atoms with van der Waals surface area (Å²) in [6, 6.07) is 9.09. The molecule has 0 bridgehead atoms. The lowest BCUT2D eigenvalue weighted by Gasteiger charge is -2.16. The number of likely N-dealkylation sites (N-methyl/N-ethyl adjacent to an activating group) is 1. The van der Waals surface area contributed by atoms with Crippen LogP contribution in [0.3, 0.4) is 0 Å². The SMILES string of the molecule is COc1ccc(OCCN(C)C(=O)c2cc(Br)c[nH]2)cc1. The Bertz CT molecular complexity index is 595. The van der Waals surface area contributed by atoms with E-state index in [-0.39, 0.29) is 5.91 Å². The van der Waals surface area contributed by atoms with E-state index in [1.165, 1.54) is 0 Å². The number of hydrogen-bond donors (Lipinski definition) is 1. The molecule has 6 heteroatoms. The number of benzene rings is 1. The van der Waals surface area contributed by atoms with Gasteiger partial charge in [0.1, 0.15) is 23.8 Å². The zero-order valence-corrected chi connectivity index (χ0v) is 13.5. The summed E-state index contributed by atoms with van der Waals surface area (Å²) in [6.07, 6.45) is 1.73. The number of rotatable bonds is 6. The molecule has 0 saturated heterocycles. The second-order valence-electron chi connectivity index (χ2n) is 4.48. The van der Waals surface area contributed by atoms with Gasteiger partial charge in [-0.1, -0.05) is 0 Å². The molecule has 1 heterocycles. The van der Waals surface area contributed by atoms with Crippen molar-refractivity contribution in [1.82, 2.24) is 9.88 Å². The van der Waals surface area contributed by atoms with Crippen LogP contribution in [0.4, 0.5) is 0 Å². The van der Waals surface area contributed by atoms with Crippen molar-refractivity contribution in [3.8, 4) is 11.5 Å². The van der Waals surface area contributed by atoms with Crippen LogP contribution in [-0.4, -0.2) is 43.1 Å². The molecule has 5 nitrogen and oxygen atoms in total. The summed E-state index contributed by atoms with van der Waals surface area (Å²) in [6.45, 7) is 0.929. The molecule has 21 heavy (non-hydrogen) atoms. The molecule has 2 rings (SSSR count). The van der Waals surface area contributed by atoms with Gasteiger partial charge in [0.05, 0.1) is 13.7 Å². The Hall–Kier alpha value is -1.95. The molecule has 1 aromatic carbocycles. The number of H-pyrrole nitrogens is 1. The fourth-order valence-corrected chi connectivity index (χ4v) is 2.11. The van der Waals surface area contributed by atoms with Gasteiger partial charge in [0.2, 0.25) is 0 Å². The average molecular weight is 353 g/mol. The van der Waals surface area contributed by atoms with Crippen molar-refractivity contribution >= 4 is 21.8 Å². The first kappa shape index (κ1) is 15.4. The first-order chi connectivity index (χ1) is 10.1. The zero-order chi connectivity index (χ0) is 15.2. The quantitative estimate of drug-likeness (QED) is 0.869. The minimum absolute atomic E-state index is 0.0703. The lowest BCUT2D eigenvalue weighted by molar-refractivity contribution is 0.0768. The maximum absolute atomic E-state index is 12.1. The maximum atomic E-state index is 12.1. The molecule has 2 aromatic rings. The summed E-state index contributed by atoms with van der Waals surface area (Å²) in [7, 11) is 3.36. The molecular weight excluding hydrogens is 336 g/mol. The minimum Gasteiger partial charge on any atom is -0.497 e. The number of hydrogen-bond acceptors (Lipinski definition) is 3. The highest BCUT2D eigenvalue weighted by Gasteiger charge is 2.13. The summed E-state index contributed by atoms with van der Waals surface area (Å²) in [4.78, 5) is 16.6. The Morgan fingerprint density at radius 1 is 1.29 bits per heavy atom. The van der Waals surface area contributed by atoms with Crippen LogP contribution in [0.15, 0.2) is 41.0 Å². The highest BCUT2D eigenvalue weighted by Crippen LogP contribution is 2.17. The molecule has 0 aliphatic heterocycles. The van der Waals surface area contributed by atoms with Gasteiger partial charge in [-0.15, -0.1) is 0 Å². The molecule has 0 spiro atoms. The van der Waals surface area contributed by atoms with Crippen LogP contribution in [0.5, 0.6) is 11.5 Å². The van der Waals surface area contributed by atoms with Gasteiger partial charge in [-0.3, -0.25) is 4.79 Å². The van der Waals surface area contributed by atoms with Gasteiger partial charge >= 0.3 is 0 Å². The van der Waals surface area contributed by atoms with Gasteiger partial charge in [0.25, 0.3) is 5.91 Å². The number of nitrogens with one attached hydrogen (secondary N) is 1. The number of halogens is 1. The van der Waals surface area contributed by atoms with Crippen molar-refractivity contribution in [3.63, 3.8) is 0 Å². The molecule has 0 saturated carbocycles. The predicted octanol–water partition coefficient (Wildman–Crippen LogP) is 2.94. The molecule has 1 amide bonds. The van der Waals surface area contributed by atoms with Gasteiger partial charge < -0.3 is 19.4 Å². The van der Waals surface area contributed by atoms with Crippen molar-refractivity contribution in [2.45, 2.75) is 0 Å². The van der Waals surface area contributed by atoms with Crippen molar-refractivity contribution < 1.29 is 14.3 Å². The van der Waals surface area contributed by atoms with E-state index in [2.05, 4.69) is 20.9 Å². The number of methoxy groups -OCH3 is 1. The van der Waals surface area contributed by atoms with Gasteiger partial charge in [0, 0.05) is 17.7 Å². The number of aromatic amines is 1. The third-order valence-electron chi connectivity index (χ3n) is 2.98. The summed E-state index contributed by atoms with van der Waals surface area (Å²) in [5.41, 5.74) is 0.550. The molecule has 0 radical (unpaired) electrons. The number of carbonyl (C=O) groups is 1. The minimum atomic E-state index is -0.0703. The summed E-state index contributed by atoms with van der Waals surface area (Å²) in [5, 5.41) is 0. The molecule has 112 valence electrons. The molecular formula is C15H17BrN2O3. The van der Waals surface area contributed by atoms with Crippen molar-refractivity contribution in [2.24, 2.45) is 0 Å². The first-order valence-electron chi connectivity index (χ1n) is 6.46. The number of carbonyl (C=O) groups excluding carboxylic acids is 1. The van der Waals surface area contributed by atoms with Crippen molar-refractivity contribution in [1.29, 1.82) is 0 Å². The van der Waals surface area contributed by atoms with Crippen LogP contribution >= 0.6 is 15.9 Å². The summed E-state index contributed by atoms with van der Waals surface area (Å²) in [5.74, 6) is 1.46. The Labute approximate surface area is 132 Å². The van der Waals surface area contributed by atoms with Crippen molar-refractivity contribution in [2.75, 3.05) is 27.3 Å². The third-order valence-corrected chi connectivity index (χ3v) is 3.44. The lowest BCUT2D eigenvalue weighted by Crippen LogP contribution is -2.31. The van der Waals surface area contributed by atoms with E-state index in [0.29, 0.717) is 18.8 Å². The van der Waals surface area contributed by atoms with Gasteiger partial charge in [-0.05, 0) is 46.3 Å². The summed E-state index contributed by atoms with van der Waals surface area (Å²) < 4.78 is 11.5. The zero-order valence-electron chi connectivity index (χ0n) is 11.9. The molecule has 0 aliphatic rings. The first-order valence-corrected chi connectivity index (χ1v) is 7.25. The maximum Gasteiger partial charge on any atom is 0.270 e. The van der Waals surface area contributed by atoms with Crippen molar-refractivity contribution in [3.05, 3.63) is 46.7 Å². The Balaban J connectivity index is 1.80. The average Bonchev–Trinajstić information content (AvgIpc) is 2.93. The van der Waals surface area contributed by atoms with E-state index in [9.17, 15) is 4.79 Å². The van der Waals surface area contributed by atoms with Gasteiger partial charge in [-0.25, -0.2) is 0 Å². The predicted molar refractivity (Wildman–Crippen MR) is 83.9 cm³/mol. The van der Waals surface area contributed by atoms with E-state index in [0.717, 1.165) is 16.0 Å². The van der Waals surface area contributed by atoms with Crippen LogP contribution in [0.25, 0.3) is 0 Å². The highest BCUT2D eigenvalue weighted by atomic mass is 79.9. The smallest absolute Gasteiger partial charge is 0.270 e. The van der Waals surface area contributed by atoms with Crippen LogP contribution in [0.2, 0.25) is 0 Å². The third kappa shape index (κ3) is 4.26. The Morgan fingerprint density at radius 2 is 1.95 bits per heavy atom. The van der Waals surface area contributed by atoms with Crippen LogP contribution in [-0.2, 0) is 0 Å². The van der Waals surface area contributed by atoms with Crippen LogP contribution < -0.4 is 9.47 Å². The normalized spacial score (nSPS) is 10.2.